The monoisotopic (exact) mass is 246 g/mol. The maximum atomic E-state index is 4.40. The molecular formula is C12H18N6. The van der Waals surface area contributed by atoms with Gasteiger partial charge in [0.25, 0.3) is 0 Å². The Hall–Kier alpha value is -2.11. The van der Waals surface area contributed by atoms with E-state index < -0.39 is 0 Å². The molecule has 0 saturated heterocycles. The van der Waals surface area contributed by atoms with Crippen molar-refractivity contribution in [2.45, 2.75) is 19.9 Å². The number of rotatable bonds is 5. The van der Waals surface area contributed by atoms with Crippen LogP contribution < -0.4 is 10.6 Å². The number of nitrogens with one attached hydrogen (secondary N) is 2. The molecule has 2 N–H and O–H groups in total. The minimum Gasteiger partial charge on any atom is -0.372 e. The minimum absolute atomic E-state index is 0.707. The Morgan fingerprint density at radius 1 is 1.28 bits per heavy atom. The molecule has 6 heteroatoms. The molecule has 6 nitrogen and oxygen atoms in total. The van der Waals surface area contributed by atoms with E-state index in [0.717, 1.165) is 23.8 Å². The normalized spacial score (nSPS) is 10.4. The van der Waals surface area contributed by atoms with E-state index in [0.29, 0.717) is 6.54 Å². The second kappa shape index (κ2) is 5.48. The van der Waals surface area contributed by atoms with E-state index in [1.165, 1.54) is 5.56 Å². The first-order valence-electron chi connectivity index (χ1n) is 5.98. The molecule has 2 aromatic rings. The minimum atomic E-state index is 0.707. The predicted octanol–water partition coefficient (Wildman–Crippen LogP) is 1.43. The Balaban J connectivity index is 2.06. The molecule has 0 bridgehead atoms. The van der Waals surface area contributed by atoms with Crippen LogP contribution in [-0.2, 0) is 20.0 Å². The van der Waals surface area contributed by atoms with Crippen molar-refractivity contribution in [2.75, 3.05) is 17.7 Å². The van der Waals surface area contributed by atoms with Gasteiger partial charge in [0.05, 0.1) is 18.1 Å². The van der Waals surface area contributed by atoms with Gasteiger partial charge in [-0.05, 0) is 6.42 Å². The Labute approximate surface area is 106 Å². The Morgan fingerprint density at radius 3 is 2.78 bits per heavy atom. The van der Waals surface area contributed by atoms with Gasteiger partial charge in [-0.25, -0.2) is 4.98 Å². The smallest absolute Gasteiger partial charge is 0.147 e. The van der Waals surface area contributed by atoms with Crippen LogP contribution in [0.2, 0.25) is 0 Å². The van der Waals surface area contributed by atoms with Crippen molar-refractivity contribution >= 4 is 11.6 Å². The predicted molar refractivity (Wildman–Crippen MR) is 71.5 cm³/mol. The highest BCUT2D eigenvalue weighted by atomic mass is 15.3. The van der Waals surface area contributed by atoms with Crippen LogP contribution in [0.3, 0.4) is 0 Å². The van der Waals surface area contributed by atoms with Crippen LogP contribution in [0.4, 0.5) is 11.6 Å². The molecule has 0 radical (unpaired) electrons. The number of aryl methyl sites for hydroxylation is 2. The van der Waals surface area contributed by atoms with Gasteiger partial charge in [-0.2, -0.15) is 5.10 Å². The lowest BCUT2D eigenvalue weighted by Gasteiger charge is -2.06. The fourth-order valence-corrected chi connectivity index (χ4v) is 1.79. The molecule has 0 aliphatic heterocycles. The molecule has 0 spiro atoms. The van der Waals surface area contributed by atoms with Crippen molar-refractivity contribution in [3.05, 3.63) is 29.8 Å². The maximum absolute atomic E-state index is 4.40. The molecule has 0 saturated carbocycles. The third-order valence-electron chi connectivity index (χ3n) is 2.68. The van der Waals surface area contributed by atoms with Crippen LogP contribution in [0.5, 0.6) is 0 Å². The van der Waals surface area contributed by atoms with Gasteiger partial charge >= 0.3 is 0 Å². The first kappa shape index (κ1) is 12.3. The number of nitrogens with zero attached hydrogens (tertiary/aromatic N) is 4. The van der Waals surface area contributed by atoms with E-state index in [9.17, 15) is 0 Å². The highest BCUT2D eigenvalue weighted by Gasteiger charge is 2.06. The van der Waals surface area contributed by atoms with Gasteiger partial charge in [0.1, 0.15) is 11.6 Å². The number of aromatic nitrogens is 4. The summed E-state index contributed by atoms with van der Waals surface area (Å²) in [6.45, 7) is 2.81. The molecule has 2 aromatic heterocycles. The molecule has 96 valence electrons. The zero-order valence-corrected chi connectivity index (χ0v) is 10.9. The zero-order valence-electron chi connectivity index (χ0n) is 10.9. The Bertz CT molecular complexity index is 519. The lowest BCUT2D eigenvalue weighted by molar-refractivity contribution is 0.746. The summed E-state index contributed by atoms with van der Waals surface area (Å²) in [7, 11) is 3.76. The highest BCUT2D eigenvalue weighted by Crippen LogP contribution is 2.11. The molecule has 0 amide bonds. The lowest BCUT2D eigenvalue weighted by atomic mass is 10.2. The quantitative estimate of drug-likeness (QED) is 0.835. The first-order chi connectivity index (χ1) is 8.72. The summed E-state index contributed by atoms with van der Waals surface area (Å²) in [6, 6.07) is 0. The van der Waals surface area contributed by atoms with Gasteiger partial charge in [-0.1, -0.05) is 6.92 Å². The van der Waals surface area contributed by atoms with Crippen molar-refractivity contribution in [2.24, 2.45) is 7.05 Å². The van der Waals surface area contributed by atoms with Gasteiger partial charge in [-0.15, -0.1) is 0 Å². The summed E-state index contributed by atoms with van der Waals surface area (Å²) in [5.41, 5.74) is 2.30. The molecule has 0 aliphatic rings. The van der Waals surface area contributed by atoms with Crippen molar-refractivity contribution in [1.29, 1.82) is 0 Å². The number of hydrogen-bond donors (Lipinski definition) is 2. The SMILES string of the molecule is CCc1nn(C)cc1CNc1cncc(NC)n1. The zero-order chi connectivity index (χ0) is 13.0. The van der Waals surface area contributed by atoms with E-state index in [1.807, 2.05) is 25.0 Å². The fraction of sp³-hybridized carbons (Fsp3) is 0.417. The molecule has 2 rings (SSSR count). The Kier molecular flexibility index (Phi) is 3.76. The average molecular weight is 246 g/mol. The second-order valence-electron chi connectivity index (χ2n) is 4.02. The van der Waals surface area contributed by atoms with Crippen LogP contribution in [0.15, 0.2) is 18.6 Å². The third kappa shape index (κ3) is 2.77. The van der Waals surface area contributed by atoms with Crippen LogP contribution in [-0.4, -0.2) is 26.8 Å². The van der Waals surface area contributed by atoms with Crippen LogP contribution in [0.1, 0.15) is 18.2 Å². The summed E-state index contributed by atoms with van der Waals surface area (Å²) >= 11 is 0. The van der Waals surface area contributed by atoms with Crippen LogP contribution in [0, 0.1) is 0 Å². The molecule has 0 aliphatic carbocycles. The number of anilines is 2. The van der Waals surface area contributed by atoms with Gasteiger partial charge in [0.2, 0.25) is 0 Å². The average Bonchev–Trinajstić information content (AvgIpc) is 2.77. The van der Waals surface area contributed by atoms with E-state index >= 15 is 0 Å². The lowest BCUT2D eigenvalue weighted by Crippen LogP contribution is -2.04. The van der Waals surface area contributed by atoms with E-state index in [4.69, 9.17) is 0 Å². The second-order valence-corrected chi connectivity index (χ2v) is 4.02. The summed E-state index contributed by atoms with van der Waals surface area (Å²) in [4.78, 5) is 8.46. The largest absolute Gasteiger partial charge is 0.372 e. The van der Waals surface area contributed by atoms with Gasteiger partial charge in [0, 0.05) is 32.4 Å². The van der Waals surface area contributed by atoms with Crippen molar-refractivity contribution in [3.8, 4) is 0 Å². The van der Waals surface area contributed by atoms with E-state index in [1.54, 1.807) is 12.4 Å². The maximum Gasteiger partial charge on any atom is 0.147 e. The standard InChI is InChI=1S/C12H18N6/c1-4-10-9(8-18(3)17-10)5-15-12-7-14-6-11(13-2)16-12/h6-8H,4-5H2,1-3H3,(H2,13,15,16). The van der Waals surface area contributed by atoms with Crippen molar-refractivity contribution in [1.82, 2.24) is 19.7 Å². The summed E-state index contributed by atoms with van der Waals surface area (Å²) in [5, 5.41) is 10.6. The molecule has 0 aromatic carbocycles. The first-order valence-corrected chi connectivity index (χ1v) is 5.98. The topological polar surface area (TPSA) is 67.7 Å². The number of hydrogen-bond acceptors (Lipinski definition) is 5. The molecule has 2 heterocycles. The molecule has 0 atom stereocenters. The van der Waals surface area contributed by atoms with Gasteiger partial charge in [-0.3, -0.25) is 9.67 Å². The molecular weight excluding hydrogens is 228 g/mol. The van der Waals surface area contributed by atoms with Crippen LogP contribution in [0.25, 0.3) is 0 Å². The van der Waals surface area contributed by atoms with E-state index in [-0.39, 0.29) is 0 Å². The van der Waals surface area contributed by atoms with Crippen molar-refractivity contribution in [3.63, 3.8) is 0 Å². The Morgan fingerprint density at radius 2 is 2.06 bits per heavy atom. The van der Waals surface area contributed by atoms with Crippen molar-refractivity contribution < 1.29 is 0 Å². The molecule has 0 unspecified atom stereocenters. The highest BCUT2D eigenvalue weighted by molar-refractivity contribution is 5.41. The summed E-state index contributed by atoms with van der Waals surface area (Å²) in [6.07, 6.45) is 6.36. The fourth-order valence-electron chi connectivity index (χ4n) is 1.79. The summed E-state index contributed by atoms with van der Waals surface area (Å²) in [5.74, 6) is 1.51. The summed E-state index contributed by atoms with van der Waals surface area (Å²) < 4.78 is 1.84. The molecule has 0 fully saturated rings. The third-order valence-corrected chi connectivity index (χ3v) is 2.68. The van der Waals surface area contributed by atoms with Crippen LogP contribution >= 0.6 is 0 Å². The van der Waals surface area contributed by atoms with Gasteiger partial charge in [0.15, 0.2) is 0 Å². The van der Waals surface area contributed by atoms with Gasteiger partial charge < -0.3 is 10.6 Å². The van der Waals surface area contributed by atoms with E-state index in [2.05, 4.69) is 32.6 Å². The molecule has 18 heavy (non-hydrogen) atoms.